The molecule has 0 heterocycles. The largest absolute Gasteiger partial charge is 0.490 e. The molecule has 160 valence electrons. The van der Waals surface area contributed by atoms with Gasteiger partial charge in [-0.2, -0.15) is 0 Å². The average molecular weight is 918 g/mol. The van der Waals surface area contributed by atoms with Gasteiger partial charge in [-0.25, -0.2) is 0 Å². The Morgan fingerprint density at radius 1 is 0.621 bits per heavy atom. The van der Waals surface area contributed by atoms with E-state index >= 15 is 0 Å². The molecule has 2 atom stereocenters. The lowest BCUT2D eigenvalue weighted by molar-refractivity contribution is 0.320. The molecular formula is C18H14Br8O3. The molecule has 0 saturated carbocycles. The Balaban J connectivity index is 2.15. The minimum Gasteiger partial charge on any atom is -0.490 e. The van der Waals surface area contributed by atoms with Crippen molar-refractivity contribution in [2.75, 3.05) is 23.9 Å². The van der Waals surface area contributed by atoms with Gasteiger partial charge >= 0.3 is 0 Å². The maximum absolute atomic E-state index is 6.04. The Labute approximate surface area is 237 Å². The number of alkyl halides is 4. The molecule has 0 amide bonds. The molecule has 0 spiro atoms. The van der Waals surface area contributed by atoms with Crippen LogP contribution in [-0.2, 0) is 0 Å². The number of halogens is 8. The van der Waals surface area contributed by atoms with Gasteiger partial charge in [-0.1, -0.05) is 63.7 Å². The third-order valence-electron chi connectivity index (χ3n) is 3.33. The lowest BCUT2D eigenvalue weighted by Gasteiger charge is -2.16. The van der Waals surface area contributed by atoms with Crippen LogP contribution in [0.2, 0.25) is 0 Å². The van der Waals surface area contributed by atoms with Crippen LogP contribution in [0.15, 0.2) is 42.2 Å². The van der Waals surface area contributed by atoms with Crippen LogP contribution < -0.4 is 14.2 Å². The maximum Gasteiger partial charge on any atom is 0.147 e. The Kier molecular flexibility index (Phi) is 12.4. The maximum atomic E-state index is 6.04. The molecule has 0 aliphatic carbocycles. The molecule has 0 aliphatic heterocycles. The van der Waals surface area contributed by atoms with Crippen LogP contribution in [0, 0.1) is 0 Å². The van der Waals surface area contributed by atoms with Crippen LogP contribution in [0.4, 0.5) is 0 Å². The number of rotatable bonds is 10. The second-order valence-electron chi connectivity index (χ2n) is 5.66. The summed E-state index contributed by atoms with van der Waals surface area (Å²) < 4.78 is 21.0. The molecule has 0 fully saturated rings. The molecular weight excluding hydrogens is 903 g/mol. The first kappa shape index (κ1) is 26.9. The van der Waals surface area contributed by atoms with Gasteiger partial charge in [0.05, 0.1) is 27.5 Å². The third kappa shape index (κ3) is 8.51. The van der Waals surface area contributed by atoms with Crippen LogP contribution in [0.5, 0.6) is 23.0 Å². The van der Waals surface area contributed by atoms with Gasteiger partial charge in [0.15, 0.2) is 0 Å². The van der Waals surface area contributed by atoms with Crippen LogP contribution in [0.1, 0.15) is 0 Å². The van der Waals surface area contributed by atoms with E-state index in [9.17, 15) is 0 Å². The predicted molar refractivity (Wildman–Crippen MR) is 148 cm³/mol. The second kappa shape index (κ2) is 13.4. The Morgan fingerprint density at radius 2 is 0.931 bits per heavy atom. The van der Waals surface area contributed by atoms with E-state index < -0.39 is 0 Å². The van der Waals surface area contributed by atoms with Gasteiger partial charge in [-0.3, -0.25) is 0 Å². The van der Waals surface area contributed by atoms with E-state index in [1.165, 1.54) is 0 Å². The van der Waals surface area contributed by atoms with Gasteiger partial charge in [0.2, 0.25) is 0 Å². The molecule has 0 radical (unpaired) electrons. The van der Waals surface area contributed by atoms with E-state index in [-0.39, 0.29) is 9.65 Å². The zero-order valence-electron chi connectivity index (χ0n) is 14.5. The predicted octanol–water partition coefficient (Wildman–Crippen LogP) is 9.60. The van der Waals surface area contributed by atoms with E-state index in [0.29, 0.717) is 24.7 Å². The molecule has 3 nitrogen and oxygen atoms in total. The lowest BCUT2D eigenvalue weighted by Crippen LogP contribution is -2.12. The number of ether oxygens (including phenoxy) is 3. The highest BCUT2D eigenvalue weighted by Crippen LogP contribution is 2.42. The smallest absolute Gasteiger partial charge is 0.147 e. The van der Waals surface area contributed by atoms with E-state index in [1.54, 1.807) is 0 Å². The standard InChI is InChI=1S/C18H14Br8O3/c19-5-9(21)7-27-17-13(23)1-11(2-14(17)24)29-12-3-15(25)18(16(26)4-12)28-8-10(22)6-20/h1-4,9-10H,5-8H2. The zero-order valence-corrected chi connectivity index (χ0v) is 27.2. The SMILES string of the molecule is BrCC(Br)COc1c(Br)cc(Oc2cc(Br)c(OCC(Br)CBr)c(Br)c2)cc1Br. The topological polar surface area (TPSA) is 27.7 Å². The summed E-state index contributed by atoms with van der Waals surface area (Å²) in [4.78, 5) is 0.448. The molecule has 0 N–H and O–H groups in total. The van der Waals surface area contributed by atoms with Crippen LogP contribution >= 0.6 is 127 Å². The molecule has 2 aromatic carbocycles. The minimum atomic E-state index is 0.224. The Bertz CT molecular complexity index is 719. The monoisotopic (exact) mass is 909 g/mol. The van der Waals surface area contributed by atoms with Crippen molar-refractivity contribution in [2.24, 2.45) is 0 Å². The number of benzene rings is 2. The molecule has 2 unspecified atom stereocenters. The summed E-state index contributed by atoms with van der Waals surface area (Å²) in [5, 5.41) is 1.61. The van der Waals surface area contributed by atoms with Gasteiger partial charge in [0.1, 0.15) is 36.2 Å². The summed E-state index contributed by atoms with van der Waals surface area (Å²) in [5.41, 5.74) is 0. The van der Waals surface area contributed by atoms with E-state index in [0.717, 1.165) is 40.1 Å². The molecule has 2 aromatic rings. The van der Waals surface area contributed by atoms with Crippen LogP contribution in [-0.4, -0.2) is 33.5 Å². The van der Waals surface area contributed by atoms with E-state index in [2.05, 4.69) is 127 Å². The van der Waals surface area contributed by atoms with Crippen LogP contribution in [0.3, 0.4) is 0 Å². The van der Waals surface area contributed by atoms with Crippen molar-refractivity contribution in [1.29, 1.82) is 0 Å². The first-order valence-electron chi connectivity index (χ1n) is 8.06. The highest BCUT2D eigenvalue weighted by atomic mass is 79.9. The fraction of sp³-hybridized carbons (Fsp3) is 0.333. The van der Waals surface area contributed by atoms with E-state index in [4.69, 9.17) is 14.2 Å². The quantitative estimate of drug-likeness (QED) is 0.223. The number of hydrogen-bond donors (Lipinski definition) is 0. The summed E-state index contributed by atoms with van der Waals surface area (Å²) in [7, 11) is 0. The molecule has 0 aromatic heterocycles. The minimum absolute atomic E-state index is 0.224. The fourth-order valence-corrected chi connectivity index (χ4v) is 5.42. The lowest BCUT2D eigenvalue weighted by atomic mass is 10.3. The van der Waals surface area contributed by atoms with Crippen molar-refractivity contribution in [1.82, 2.24) is 0 Å². The molecule has 11 heteroatoms. The van der Waals surface area contributed by atoms with Crippen molar-refractivity contribution < 1.29 is 14.2 Å². The first-order valence-corrected chi connectivity index (χ1v) is 15.3. The van der Waals surface area contributed by atoms with Crippen molar-refractivity contribution in [3.05, 3.63) is 42.2 Å². The second-order valence-corrected chi connectivity index (χ2v) is 13.0. The Hall–Kier alpha value is 1.68. The highest BCUT2D eigenvalue weighted by molar-refractivity contribution is 9.12. The molecule has 0 bridgehead atoms. The van der Waals surface area contributed by atoms with Gasteiger partial charge in [-0.05, 0) is 88.0 Å². The van der Waals surface area contributed by atoms with Crippen molar-refractivity contribution in [2.45, 2.75) is 9.65 Å². The summed E-state index contributed by atoms with van der Waals surface area (Å²) in [6, 6.07) is 7.48. The van der Waals surface area contributed by atoms with Gasteiger partial charge in [0.25, 0.3) is 0 Å². The summed E-state index contributed by atoms with van der Waals surface area (Å²) in [6.07, 6.45) is 0. The third-order valence-corrected chi connectivity index (χ3v) is 10.2. The fourth-order valence-electron chi connectivity index (χ4n) is 2.04. The molecule has 0 aliphatic rings. The normalized spacial score (nSPS) is 13.1. The van der Waals surface area contributed by atoms with Crippen molar-refractivity contribution >= 4 is 127 Å². The molecule has 0 saturated heterocycles. The Morgan fingerprint density at radius 3 is 1.21 bits per heavy atom. The molecule has 29 heavy (non-hydrogen) atoms. The first-order chi connectivity index (χ1) is 13.7. The summed E-state index contributed by atoms with van der Waals surface area (Å²) in [6.45, 7) is 1.07. The molecule has 2 rings (SSSR count). The number of hydrogen-bond acceptors (Lipinski definition) is 3. The van der Waals surface area contributed by atoms with Gasteiger partial charge in [-0.15, -0.1) is 0 Å². The average Bonchev–Trinajstić information content (AvgIpc) is 2.66. The zero-order chi connectivity index (χ0) is 21.6. The van der Waals surface area contributed by atoms with Crippen molar-refractivity contribution in [3.63, 3.8) is 0 Å². The highest BCUT2D eigenvalue weighted by Gasteiger charge is 2.15. The van der Waals surface area contributed by atoms with Gasteiger partial charge < -0.3 is 14.2 Å². The van der Waals surface area contributed by atoms with Crippen molar-refractivity contribution in [3.8, 4) is 23.0 Å². The summed E-state index contributed by atoms with van der Waals surface area (Å²) in [5.74, 6) is 2.79. The van der Waals surface area contributed by atoms with Gasteiger partial charge in [0, 0.05) is 10.7 Å². The summed E-state index contributed by atoms with van der Waals surface area (Å²) >= 11 is 28.1. The van der Waals surface area contributed by atoms with E-state index in [1.807, 2.05) is 24.3 Å². The van der Waals surface area contributed by atoms with Crippen LogP contribution in [0.25, 0.3) is 0 Å².